The molecule has 1 saturated heterocycles. The van der Waals surface area contributed by atoms with Gasteiger partial charge >= 0.3 is 0 Å². The molecule has 2 rings (SSSR count). The molecule has 0 atom stereocenters. The molecule has 1 heterocycles. The predicted molar refractivity (Wildman–Crippen MR) is 87.8 cm³/mol. The van der Waals surface area contributed by atoms with E-state index in [-0.39, 0.29) is 0 Å². The summed E-state index contributed by atoms with van der Waals surface area (Å²) in [5.74, 6) is 2.77. The van der Waals surface area contributed by atoms with E-state index in [1.807, 2.05) is 26.1 Å². The Hall–Kier alpha value is -1.71. The number of benzene rings is 1. The van der Waals surface area contributed by atoms with Gasteiger partial charge in [0.2, 0.25) is 0 Å². The summed E-state index contributed by atoms with van der Waals surface area (Å²) in [6.07, 6.45) is 2.50. The molecule has 0 amide bonds. The summed E-state index contributed by atoms with van der Waals surface area (Å²) in [6.45, 7) is 8.00. The molecular formula is C17H27N3O. The molecule has 0 saturated carbocycles. The van der Waals surface area contributed by atoms with E-state index >= 15 is 0 Å². The van der Waals surface area contributed by atoms with Gasteiger partial charge in [-0.1, -0.05) is 19.1 Å². The molecule has 21 heavy (non-hydrogen) atoms. The van der Waals surface area contributed by atoms with Crippen LogP contribution in [-0.2, 0) is 6.54 Å². The number of hydrogen-bond donors (Lipinski definition) is 1. The van der Waals surface area contributed by atoms with Gasteiger partial charge in [0.25, 0.3) is 0 Å². The lowest BCUT2D eigenvalue weighted by Crippen LogP contribution is -2.45. The topological polar surface area (TPSA) is 36.9 Å². The first kappa shape index (κ1) is 15.7. The van der Waals surface area contributed by atoms with Gasteiger partial charge in [-0.3, -0.25) is 4.99 Å². The molecule has 4 nitrogen and oxygen atoms in total. The number of ether oxygens (including phenoxy) is 1. The molecule has 1 aromatic rings. The van der Waals surface area contributed by atoms with Crippen LogP contribution in [-0.4, -0.2) is 37.6 Å². The van der Waals surface area contributed by atoms with Crippen molar-refractivity contribution in [3.63, 3.8) is 0 Å². The van der Waals surface area contributed by atoms with Crippen LogP contribution in [0.2, 0.25) is 0 Å². The van der Waals surface area contributed by atoms with Crippen molar-refractivity contribution in [2.24, 2.45) is 10.9 Å². The predicted octanol–water partition coefficient (Wildman–Crippen LogP) is 2.89. The molecule has 0 aliphatic carbocycles. The molecule has 116 valence electrons. The Labute approximate surface area is 128 Å². The van der Waals surface area contributed by atoms with E-state index in [1.165, 1.54) is 18.4 Å². The smallest absolute Gasteiger partial charge is 0.193 e. The van der Waals surface area contributed by atoms with Gasteiger partial charge in [0.1, 0.15) is 5.75 Å². The second-order valence-corrected chi connectivity index (χ2v) is 5.65. The Kier molecular flexibility index (Phi) is 5.90. The third-order valence-corrected chi connectivity index (χ3v) is 3.96. The second kappa shape index (κ2) is 7.91. The number of aliphatic imine (C=N–C) groups is 1. The van der Waals surface area contributed by atoms with Crippen LogP contribution in [0.25, 0.3) is 0 Å². The molecule has 0 unspecified atom stereocenters. The monoisotopic (exact) mass is 289 g/mol. The van der Waals surface area contributed by atoms with Crippen molar-refractivity contribution in [3.8, 4) is 5.75 Å². The molecule has 1 fully saturated rings. The minimum atomic E-state index is 0.699. The number of nitrogens with zero attached hydrogens (tertiary/aromatic N) is 2. The summed E-state index contributed by atoms with van der Waals surface area (Å²) < 4.78 is 5.54. The van der Waals surface area contributed by atoms with E-state index in [4.69, 9.17) is 4.74 Å². The average molecular weight is 289 g/mol. The highest BCUT2D eigenvalue weighted by Crippen LogP contribution is 2.16. The molecular weight excluding hydrogens is 262 g/mol. The van der Waals surface area contributed by atoms with Gasteiger partial charge < -0.3 is 15.0 Å². The first-order valence-corrected chi connectivity index (χ1v) is 7.90. The Morgan fingerprint density at radius 3 is 2.81 bits per heavy atom. The second-order valence-electron chi connectivity index (χ2n) is 5.65. The SMILES string of the molecule is CCOc1cccc(CNC(=NC)N2CCC(C)CC2)c1. The standard InChI is InChI=1S/C17H27N3O/c1-4-21-16-7-5-6-15(12-16)13-19-17(18-3)20-10-8-14(2)9-11-20/h5-7,12,14H,4,8-11,13H2,1-3H3,(H,18,19). The number of guanidine groups is 1. The molecule has 1 N–H and O–H groups in total. The number of nitrogens with one attached hydrogen (secondary N) is 1. The number of hydrogen-bond acceptors (Lipinski definition) is 2. The minimum absolute atomic E-state index is 0.699. The van der Waals surface area contributed by atoms with Gasteiger partial charge in [-0.2, -0.15) is 0 Å². The van der Waals surface area contributed by atoms with Crippen LogP contribution in [0.3, 0.4) is 0 Å². The lowest BCUT2D eigenvalue weighted by Gasteiger charge is -2.32. The third kappa shape index (κ3) is 4.66. The first-order valence-electron chi connectivity index (χ1n) is 7.90. The van der Waals surface area contributed by atoms with E-state index in [9.17, 15) is 0 Å². The van der Waals surface area contributed by atoms with Crippen molar-refractivity contribution in [2.75, 3.05) is 26.7 Å². The van der Waals surface area contributed by atoms with Crippen LogP contribution < -0.4 is 10.1 Å². The molecule has 1 aromatic carbocycles. The fourth-order valence-electron chi connectivity index (χ4n) is 2.65. The number of likely N-dealkylation sites (tertiary alicyclic amines) is 1. The van der Waals surface area contributed by atoms with Gasteiger partial charge in [-0.25, -0.2) is 0 Å². The Morgan fingerprint density at radius 2 is 2.14 bits per heavy atom. The summed E-state index contributed by atoms with van der Waals surface area (Å²) in [4.78, 5) is 6.76. The van der Waals surface area contributed by atoms with Crippen LogP contribution in [0.1, 0.15) is 32.3 Å². The van der Waals surface area contributed by atoms with E-state index in [1.54, 1.807) is 0 Å². The summed E-state index contributed by atoms with van der Waals surface area (Å²) in [7, 11) is 1.86. The molecule has 1 aliphatic heterocycles. The van der Waals surface area contributed by atoms with Crippen molar-refractivity contribution in [1.82, 2.24) is 10.2 Å². The zero-order chi connectivity index (χ0) is 15.1. The van der Waals surface area contributed by atoms with Crippen LogP contribution in [0, 0.1) is 5.92 Å². The maximum Gasteiger partial charge on any atom is 0.193 e. The van der Waals surface area contributed by atoms with Crippen molar-refractivity contribution < 1.29 is 4.74 Å². The number of piperidine rings is 1. The number of rotatable bonds is 4. The maximum atomic E-state index is 5.54. The van der Waals surface area contributed by atoms with Gasteiger partial charge in [-0.05, 0) is 43.4 Å². The highest BCUT2D eigenvalue weighted by molar-refractivity contribution is 5.79. The summed E-state index contributed by atoms with van der Waals surface area (Å²) in [5.41, 5.74) is 1.22. The molecule has 0 bridgehead atoms. The minimum Gasteiger partial charge on any atom is -0.494 e. The molecule has 1 aliphatic rings. The molecule has 0 spiro atoms. The van der Waals surface area contributed by atoms with E-state index in [0.29, 0.717) is 6.61 Å². The fraction of sp³-hybridized carbons (Fsp3) is 0.588. The van der Waals surface area contributed by atoms with Gasteiger partial charge in [0.05, 0.1) is 6.61 Å². The van der Waals surface area contributed by atoms with E-state index in [0.717, 1.165) is 37.3 Å². The first-order chi connectivity index (χ1) is 10.2. The summed E-state index contributed by atoms with van der Waals surface area (Å²) >= 11 is 0. The van der Waals surface area contributed by atoms with Crippen molar-refractivity contribution in [1.29, 1.82) is 0 Å². The van der Waals surface area contributed by atoms with E-state index < -0.39 is 0 Å². The lowest BCUT2D eigenvalue weighted by molar-refractivity contribution is 0.273. The van der Waals surface area contributed by atoms with Crippen LogP contribution in [0.15, 0.2) is 29.3 Å². The maximum absolute atomic E-state index is 5.54. The Bertz CT molecular complexity index is 465. The van der Waals surface area contributed by atoms with Crippen LogP contribution >= 0.6 is 0 Å². The zero-order valence-electron chi connectivity index (χ0n) is 13.4. The molecule has 4 heteroatoms. The van der Waals surface area contributed by atoms with Gasteiger partial charge in [-0.15, -0.1) is 0 Å². The van der Waals surface area contributed by atoms with Gasteiger partial charge in [0, 0.05) is 26.7 Å². The lowest BCUT2D eigenvalue weighted by atomic mass is 10.00. The summed E-state index contributed by atoms with van der Waals surface area (Å²) in [6, 6.07) is 8.23. The highest BCUT2D eigenvalue weighted by atomic mass is 16.5. The third-order valence-electron chi connectivity index (χ3n) is 3.96. The average Bonchev–Trinajstić information content (AvgIpc) is 2.50. The van der Waals surface area contributed by atoms with E-state index in [2.05, 4.69) is 34.3 Å². The van der Waals surface area contributed by atoms with Crippen molar-refractivity contribution in [3.05, 3.63) is 29.8 Å². The van der Waals surface area contributed by atoms with Crippen LogP contribution in [0.5, 0.6) is 5.75 Å². The Balaban J connectivity index is 1.89. The largest absolute Gasteiger partial charge is 0.494 e. The molecule has 0 aromatic heterocycles. The normalized spacial score (nSPS) is 16.9. The Morgan fingerprint density at radius 1 is 1.38 bits per heavy atom. The zero-order valence-corrected chi connectivity index (χ0v) is 13.4. The van der Waals surface area contributed by atoms with Crippen LogP contribution in [0.4, 0.5) is 0 Å². The van der Waals surface area contributed by atoms with Crippen molar-refractivity contribution >= 4 is 5.96 Å². The quantitative estimate of drug-likeness (QED) is 0.684. The molecule has 0 radical (unpaired) electrons. The van der Waals surface area contributed by atoms with Crippen molar-refractivity contribution in [2.45, 2.75) is 33.2 Å². The van der Waals surface area contributed by atoms with Gasteiger partial charge in [0.15, 0.2) is 5.96 Å². The summed E-state index contributed by atoms with van der Waals surface area (Å²) in [5, 5.41) is 3.46. The fourth-order valence-corrected chi connectivity index (χ4v) is 2.65. The highest BCUT2D eigenvalue weighted by Gasteiger charge is 2.18.